The monoisotopic (exact) mass is 492 g/mol. The van der Waals surface area contributed by atoms with Crippen molar-refractivity contribution in [3.8, 4) is 11.3 Å². The van der Waals surface area contributed by atoms with Gasteiger partial charge in [0.25, 0.3) is 5.69 Å². The average molecular weight is 493 g/mol. The van der Waals surface area contributed by atoms with Gasteiger partial charge >= 0.3 is 0 Å². The Balaban J connectivity index is 1.50. The molecule has 4 aromatic rings. The fraction of sp³-hybridized carbons (Fsp3) is 0.258. The summed E-state index contributed by atoms with van der Waals surface area (Å²) in [5.74, 6) is 1.29. The number of nitro benzene ring substituents is 1. The zero-order chi connectivity index (χ0) is 26.1. The first-order chi connectivity index (χ1) is 17.6. The molecule has 0 fully saturated rings. The molecule has 186 valence electrons. The largest absolute Gasteiger partial charge is 0.459 e. The molecular weight excluding hydrogens is 464 g/mol. The molecule has 1 aliphatic carbocycles. The number of nitrogens with zero attached hydrogens (tertiary/aromatic N) is 1. The van der Waals surface area contributed by atoms with Crippen LogP contribution in [0.2, 0.25) is 0 Å². The molecule has 2 heterocycles. The zero-order valence-corrected chi connectivity index (χ0v) is 21.3. The van der Waals surface area contributed by atoms with Crippen LogP contribution in [0.25, 0.3) is 27.7 Å². The third-order valence-electron chi connectivity index (χ3n) is 7.77. The molecule has 0 bridgehead atoms. The Labute approximate surface area is 215 Å². The Morgan fingerprint density at radius 1 is 1.03 bits per heavy atom. The van der Waals surface area contributed by atoms with Gasteiger partial charge in [0.05, 0.1) is 4.92 Å². The number of Topliss-reactive ketones (excluding diaryl/α,β-unsaturated/α-hetero) is 1. The lowest BCUT2D eigenvalue weighted by atomic mass is 9.68. The minimum absolute atomic E-state index is 0.0687. The molecule has 0 amide bonds. The molecule has 0 saturated heterocycles. The molecule has 3 aromatic carbocycles. The third-order valence-corrected chi connectivity index (χ3v) is 7.77. The second-order valence-electron chi connectivity index (χ2n) is 11.0. The van der Waals surface area contributed by atoms with Crippen LogP contribution in [-0.4, -0.2) is 10.7 Å². The first-order valence-electron chi connectivity index (χ1n) is 12.5. The van der Waals surface area contributed by atoms with Crippen molar-refractivity contribution in [1.29, 1.82) is 0 Å². The van der Waals surface area contributed by atoms with Crippen LogP contribution < -0.4 is 5.32 Å². The van der Waals surface area contributed by atoms with Crippen molar-refractivity contribution in [1.82, 2.24) is 0 Å². The number of nitrogens with one attached hydrogen (secondary N) is 1. The lowest BCUT2D eigenvalue weighted by Crippen LogP contribution is -2.33. The predicted octanol–water partition coefficient (Wildman–Crippen LogP) is 7.93. The van der Waals surface area contributed by atoms with Crippen molar-refractivity contribution in [2.75, 3.05) is 5.32 Å². The summed E-state index contributed by atoms with van der Waals surface area (Å²) in [4.78, 5) is 24.9. The lowest BCUT2D eigenvalue weighted by molar-refractivity contribution is -0.385. The fourth-order valence-corrected chi connectivity index (χ4v) is 5.89. The number of anilines is 1. The summed E-state index contributed by atoms with van der Waals surface area (Å²) in [6.07, 6.45) is 1.27. The number of carbonyl (C=O) groups is 1. The molecule has 0 spiro atoms. The number of allylic oxidation sites excluding steroid dienone is 1. The van der Waals surface area contributed by atoms with Crippen LogP contribution in [0.15, 0.2) is 70.7 Å². The highest BCUT2D eigenvalue weighted by Crippen LogP contribution is 2.52. The molecule has 1 aliphatic heterocycles. The normalized spacial score (nSPS) is 18.4. The highest BCUT2D eigenvalue weighted by molar-refractivity contribution is 6.12. The second-order valence-corrected chi connectivity index (χ2v) is 11.0. The molecule has 2 aliphatic rings. The number of hydrogen-bond donors (Lipinski definition) is 1. The maximum absolute atomic E-state index is 13.6. The number of aryl methyl sites for hydroxylation is 1. The smallest absolute Gasteiger partial charge is 0.273 e. The molecule has 6 heteroatoms. The van der Waals surface area contributed by atoms with Gasteiger partial charge in [-0.2, -0.15) is 0 Å². The summed E-state index contributed by atoms with van der Waals surface area (Å²) in [6, 6.07) is 19.2. The van der Waals surface area contributed by atoms with Gasteiger partial charge in [0.2, 0.25) is 0 Å². The average Bonchev–Trinajstić information content (AvgIpc) is 3.34. The van der Waals surface area contributed by atoms with E-state index in [2.05, 4.69) is 43.4 Å². The van der Waals surface area contributed by atoms with E-state index in [1.807, 2.05) is 37.3 Å². The Kier molecular flexibility index (Phi) is 5.13. The maximum atomic E-state index is 13.6. The zero-order valence-electron chi connectivity index (χ0n) is 21.3. The highest BCUT2D eigenvalue weighted by atomic mass is 16.6. The summed E-state index contributed by atoms with van der Waals surface area (Å²) in [5.41, 5.74) is 5.96. The molecule has 37 heavy (non-hydrogen) atoms. The van der Waals surface area contributed by atoms with E-state index in [9.17, 15) is 14.9 Å². The Bertz CT molecular complexity index is 1660. The maximum Gasteiger partial charge on any atom is 0.273 e. The molecule has 6 nitrogen and oxygen atoms in total. The van der Waals surface area contributed by atoms with Crippen molar-refractivity contribution in [3.63, 3.8) is 0 Å². The molecule has 0 unspecified atom stereocenters. The van der Waals surface area contributed by atoms with Gasteiger partial charge in [0, 0.05) is 40.4 Å². The number of furan rings is 1. The van der Waals surface area contributed by atoms with E-state index in [0.717, 1.165) is 45.2 Å². The second kappa shape index (κ2) is 8.17. The summed E-state index contributed by atoms with van der Waals surface area (Å²) in [7, 11) is 0. The van der Waals surface area contributed by atoms with Gasteiger partial charge in [-0.3, -0.25) is 14.9 Å². The SMILES string of the molecule is Cc1cc(-c2ccc([C@@H]3Nc4ccc5ccccc5c4C4=C3C(=O)CC(C)(C)C4)o2)cc([N+](=O)[O-])c1C. The summed E-state index contributed by atoms with van der Waals surface area (Å²) < 4.78 is 6.32. The summed E-state index contributed by atoms with van der Waals surface area (Å²) >= 11 is 0. The molecule has 1 atom stereocenters. The van der Waals surface area contributed by atoms with Gasteiger partial charge in [-0.15, -0.1) is 0 Å². The Morgan fingerprint density at radius 3 is 2.59 bits per heavy atom. The molecular formula is C31H28N2O4. The third kappa shape index (κ3) is 3.75. The minimum atomic E-state index is -0.428. The van der Waals surface area contributed by atoms with Gasteiger partial charge in [-0.05, 0) is 71.9 Å². The van der Waals surface area contributed by atoms with Crippen LogP contribution in [0.5, 0.6) is 0 Å². The van der Waals surface area contributed by atoms with E-state index in [4.69, 9.17) is 4.42 Å². The quantitative estimate of drug-likeness (QED) is 0.232. The molecule has 6 rings (SSSR count). The lowest BCUT2D eigenvalue weighted by Gasteiger charge is -2.39. The molecule has 0 saturated carbocycles. The van der Waals surface area contributed by atoms with Gasteiger partial charge in [-0.1, -0.05) is 44.2 Å². The van der Waals surface area contributed by atoms with Gasteiger partial charge in [0.1, 0.15) is 17.6 Å². The van der Waals surface area contributed by atoms with Crippen LogP contribution >= 0.6 is 0 Å². The van der Waals surface area contributed by atoms with Gasteiger partial charge in [-0.25, -0.2) is 0 Å². The van der Waals surface area contributed by atoms with Crippen LogP contribution in [0, 0.1) is 29.4 Å². The molecule has 1 N–H and O–H groups in total. The van der Waals surface area contributed by atoms with Crippen LogP contribution in [0.4, 0.5) is 11.4 Å². The number of benzene rings is 3. The van der Waals surface area contributed by atoms with E-state index >= 15 is 0 Å². The standard InChI is InChI=1S/C31H28N2O4/c1-17-13-20(14-24(18(17)2)33(35)36)26-11-12-27(37-26)30-29-22(15-31(3,4)16-25(29)34)28-21-8-6-5-7-19(21)9-10-23(28)32-30/h5-14,30,32H,15-16H2,1-4H3/t30-/m0/s1. The highest BCUT2D eigenvalue weighted by Gasteiger charge is 2.41. The van der Waals surface area contributed by atoms with Crippen molar-refractivity contribution in [2.24, 2.45) is 5.41 Å². The van der Waals surface area contributed by atoms with Crippen molar-refractivity contribution in [3.05, 3.63) is 98.8 Å². The first-order valence-corrected chi connectivity index (χ1v) is 12.5. The van der Waals surface area contributed by atoms with Crippen LogP contribution in [0.1, 0.15) is 55.2 Å². The number of hydrogen-bond acceptors (Lipinski definition) is 5. The Hall–Kier alpha value is -4.19. The van der Waals surface area contributed by atoms with Crippen LogP contribution in [-0.2, 0) is 4.79 Å². The predicted molar refractivity (Wildman–Crippen MR) is 146 cm³/mol. The van der Waals surface area contributed by atoms with E-state index in [1.165, 1.54) is 0 Å². The fourth-order valence-electron chi connectivity index (χ4n) is 5.89. The van der Waals surface area contributed by atoms with E-state index in [1.54, 1.807) is 13.0 Å². The number of rotatable bonds is 3. The number of carbonyl (C=O) groups excluding carboxylic acids is 1. The minimum Gasteiger partial charge on any atom is -0.459 e. The molecule has 1 aromatic heterocycles. The van der Waals surface area contributed by atoms with Crippen molar-refractivity contribution < 1.29 is 14.1 Å². The summed E-state index contributed by atoms with van der Waals surface area (Å²) in [5, 5.41) is 17.5. The molecule has 0 radical (unpaired) electrons. The van der Waals surface area contributed by atoms with Crippen molar-refractivity contribution in [2.45, 2.75) is 46.6 Å². The van der Waals surface area contributed by atoms with E-state index in [-0.39, 0.29) is 21.8 Å². The first kappa shape index (κ1) is 23.2. The van der Waals surface area contributed by atoms with Gasteiger partial charge < -0.3 is 9.73 Å². The number of ketones is 1. The number of nitro groups is 1. The van der Waals surface area contributed by atoms with Crippen molar-refractivity contribution >= 4 is 33.5 Å². The topological polar surface area (TPSA) is 85.4 Å². The van der Waals surface area contributed by atoms with Gasteiger partial charge in [0.15, 0.2) is 5.78 Å². The Morgan fingerprint density at radius 2 is 1.81 bits per heavy atom. The summed E-state index contributed by atoms with van der Waals surface area (Å²) in [6.45, 7) is 7.91. The number of fused-ring (bicyclic) bond motifs is 4. The van der Waals surface area contributed by atoms with E-state index < -0.39 is 6.04 Å². The van der Waals surface area contributed by atoms with E-state index in [0.29, 0.717) is 29.1 Å². The van der Waals surface area contributed by atoms with Crippen LogP contribution in [0.3, 0.4) is 0 Å².